The lowest BCUT2D eigenvalue weighted by Crippen LogP contribution is -2.42. The normalized spacial score (nSPS) is 15.4. The van der Waals surface area contributed by atoms with Crippen molar-refractivity contribution in [2.75, 3.05) is 26.7 Å². The molecule has 0 aliphatic rings. The molecule has 106 valence electrons. The summed E-state index contributed by atoms with van der Waals surface area (Å²) >= 11 is 0. The molecular weight excluding hydrogens is 222 g/mol. The second-order valence-electron chi connectivity index (χ2n) is 6.77. The topological polar surface area (TPSA) is 39.1 Å². The van der Waals surface area contributed by atoms with Crippen molar-refractivity contribution in [2.24, 2.45) is 5.41 Å². The first-order valence-corrected chi connectivity index (χ1v) is 7.07. The van der Waals surface area contributed by atoms with Crippen LogP contribution in [-0.2, 0) is 0 Å². The minimum atomic E-state index is -0.363. The molecule has 0 bridgehead atoms. The van der Waals surface area contributed by atoms with Crippen molar-refractivity contribution in [3.8, 4) is 6.07 Å². The molecule has 0 amide bonds. The van der Waals surface area contributed by atoms with Gasteiger partial charge in [0, 0.05) is 6.54 Å². The molecule has 3 heteroatoms. The number of nitriles is 1. The molecule has 0 aromatic carbocycles. The Morgan fingerprint density at radius 3 is 2.28 bits per heavy atom. The van der Waals surface area contributed by atoms with Crippen LogP contribution >= 0.6 is 0 Å². The van der Waals surface area contributed by atoms with Gasteiger partial charge in [0.2, 0.25) is 0 Å². The molecule has 1 unspecified atom stereocenters. The Bertz CT molecular complexity index is 262. The van der Waals surface area contributed by atoms with Crippen LogP contribution in [0, 0.1) is 16.7 Å². The lowest BCUT2D eigenvalue weighted by molar-refractivity contribution is 0.218. The first-order chi connectivity index (χ1) is 8.22. The van der Waals surface area contributed by atoms with Crippen LogP contribution in [0.4, 0.5) is 0 Å². The summed E-state index contributed by atoms with van der Waals surface area (Å²) in [6, 6.07) is 2.41. The second kappa shape index (κ2) is 7.76. The predicted molar refractivity (Wildman–Crippen MR) is 78.5 cm³/mol. The van der Waals surface area contributed by atoms with Crippen LogP contribution in [0.25, 0.3) is 0 Å². The van der Waals surface area contributed by atoms with E-state index in [2.05, 4.69) is 51.0 Å². The van der Waals surface area contributed by atoms with E-state index in [1.54, 1.807) is 0 Å². The van der Waals surface area contributed by atoms with E-state index < -0.39 is 0 Å². The summed E-state index contributed by atoms with van der Waals surface area (Å²) in [7, 11) is 2.16. The van der Waals surface area contributed by atoms with E-state index in [1.165, 1.54) is 0 Å². The van der Waals surface area contributed by atoms with Gasteiger partial charge in [0.05, 0.1) is 6.07 Å². The highest BCUT2D eigenvalue weighted by Crippen LogP contribution is 2.16. The average molecular weight is 253 g/mol. The summed E-state index contributed by atoms with van der Waals surface area (Å²) < 4.78 is 0. The third kappa shape index (κ3) is 8.49. The molecule has 0 radical (unpaired) electrons. The Morgan fingerprint density at radius 2 is 1.83 bits per heavy atom. The van der Waals surface area contributed by atoms with Gasteiger partial charge in [-0.05, 0) is 51.7 Å². The number of rotatable bonds is 8. The van der Waals surface area contributed by atoms with Crippen LogP contribution in [0.5, 0.6) is 0 Å². The van der Waals surface area contributed by atoms with Gasteiger partial charge in [-0.3, -0.25) is 5.32 Å². The summed E-state index contributed by atoms with van der Waals surface area (Å²) in [5.74, 6) is 0. The van der Waals surface area contributed by atoms with Crippen LogP contribution in [-0.4, -0.2) is 37.1 Å². The van der Waals surface area contributed by atoms with Gasteiger partial charge in [0.25, 0.3) is 0 Å². The van der Waals surface area contributed by atoms with Gasteiger partial charge in [-0.1, -0.05) is 27.7 Å². The smallest absolute Gasteiger partial charge is 0.103 e. The second-order valence-corrected chi connectivity index (χ2v) is 6.77. The van der Waals surface area contributed by atoms with Gasteiger partial charge in [0.15, 0.2) is 0 Å². The Labute approximate surface area is 114 Å². The van der Waals surface area contributed by atoms with E-state index in [0.29, 0.717) is 5.41 Å². The molecule has 0 aliphatic carbocycles. The van der Waals surface area contributed by atoms with E-state index in [1.807, 2.05) is 6.92 Å². The van der Waals surface area contributed by atoms with Crippen LogP contribution in [0.1, 0.15) is 53.9 Å². The molecule has 0 saturated carbocycles. The third-order valence-electron chi connectivity index (χ3n) is 2.97. The molecule has 0 rings (SSSR count). The number of nitrogens with one attached hydrogen (secondary N) is 1. The first-order valence-electron chi connectivity index (χ1n) is 7.07. The van der Waals surface area contributed by atoms with E-state index in [9.17, 15) is 5.26 Å². The van der Waals surface area contributed by atoms with Crippen molar-refractivity contribution in [3.05, 3.63) is 0 Å². The van der Waals surface area contributed by atoms with Crippen molar-refractivity contribution in [1.82, 2.24) is 10.2 Å². The fourth-order valence-electron chi connectivity index (χ4n) is 2.18. The van der Waals surface area contributed by atoms with E-state index in [-0.39, 0.29) is 5.54 Å². The highest BCUT2D eigenvalue weighted by molar-refractivity contribution is 5.03. The summed E-state index contributed by atoms with van der Waals surface area (Å²) in [5, 5.41) is 12.6. The summed E-state index contributed by atoms with van der Waals surface area (Å²) in [5.41, 5.74) is -0.0215. The Morgan fingerprint density at radius 1 is 1.22 bits per heavy atom. The van der Waals surface area contributed by atoms with E-state index in [4.69, 9.17) is 0 Å². The number of nitrogens with zero attached hydrogens (tertiary/aromatic N) is 2. The molecule has 0 spiro atoms. The van der Waals surface area contributed by atoms with E-state index in [0.717, 1.165) is 38.9 Å². The van der Waals surface area contributed by atoms with Gasteiger partial charge >= 0.3 is 0 Å². The van der Waals surface area contributed by atoms with Crippen molar-refractivity contribution in [2.45, 2.75) is 59.4 Å². The third-order valence-corrected chi connectivity index (χ3v) is 2.97. The van der Waals surface area contributed by atoms with Gasteiger partial charge < -0.3 is 4.90 Å². The standard InChI is InChI=1S/C15H31N3/c1-7-10-17-15(5,12-16)9-8-11-18(6)13-14(2,3)4/h17H,7-11,13H2,1-6H3. The predicted octanol–water partition coefficient (Wildman–Crippen LogP) is 3.03. The average Bonchev–Trinajstić information content (AvgIpc) is 2.24. The molecule has 0 aromatic rings. The first kappa shape index (κ1) is 17.4. The lowest BCUT2D eigenvalue weighted by Gasteiger charge is -2.28. The van der Waals surface area contributed by atoms with Gasteiger partial charge in [-0.15, -0.1) is 0 Å². The molecular formula is C15H31N3. The summed E-state index contributed by atoms with van der Waals surface area (Å²) in [6.07, 6.45) is 3.05. The zero-order chi connectivity index (χ0) is 14.2. The zero-order valence-electron chi connectivity index (χ0n) is 13.1. The number of hydrogen-bond donors (Lipinski definition) is 1. The SMILES string of the molecule is CCCNC(C)(C#N)CCCN(C)CC(C)(C)C. The van der Waals surface area contributed by atoms with Crippen LogP contribution in [0.2, 0.25) is 0 Å². The molecule has 1 atom stereocenters. The molecule has 0 fully saturated rings. The minimum Gasteiger partial charge on any atom is -0.306 e. The molecule has 0 saturated heterocycles. The van der Waals surface area contributed by atoms with Crippen molar-refractivity contribution >= 4 is 0 Å². The molecule has 0 aliphatic heterocycles. The summed E-state index contributed by atoms with van der Waals surface area (Å²) in [4.78, 5) is 2.36. The fourth-order valence-corrected chi connectivity index (χ4v) is 2.18. The maximum Gasteiger partial charge on any atom is 0.103 e. The van der Waals surface area contributed by atoms with Gasteiger partial charge in [-0.2, -0.15) is 5.26 Å². The fraction of sp³-hybridized carbons (Fsp3) is 0.933. The van der Waals surface area contributed by atoms with Gasteiger partial charge in [-0.25, -0.2) is 0 Å². The monoisotopic (exact) mass is 253 g/mol. The molecule has 3 nitrogen and oxygen atoms in total. The van der Waals surface area contributed by atoms with Crippen LogP contribution < -0.4 is 5.32 Å². The molecule has 0 aromatic heterocycles. The quantitative estimate of drug-likeness (QED) is 0.722. The molecule has 1 N–H and O–H groups in total. The number of hydrogen-bond acceptors (Lipinski definition) is 3. The van der Waals surface area contributed by atoms with Crippen molar-refractivity contribution < 1.29 is 0 Å². The minimum absolute atomic E-state index is 0.341. The Hall–Kier alpha value is -0.590. The maximum absolute atomic E-state index is 9.24. The zero-order valence-corrected chi connectivity index (χ0v) is 13.1. The van der Waals surface area contributed by atoms with Crippen LogP contribution in [0.3, 0.4) is 0 Å². The Kier molecular flexibility index (Phi) is 7.51. The maximum atomic E-state index is 9.24. The Balaban J connectivity index is 3.97. The molecule has 0 heterocycles. The largest absolute Gasteiger partial charge is 0.306 e. The summed E-state index contributed by atoms with van der Waals surface area (Å²) in [6.45, 7) is 14.0. The van der Waals surface area contributed by atoms with E-state index >= 15 is 0 Å². The molecule has 18 heavy (non-hydrogen) atoms. The van der Waals surface area contributed by atoms with Gasteiger partial charge in [0.1, 0.15) is 5.54 Å². The highest BCUT2D eigenvalue weighted by Gasteiger charge is 2.22. The lowest BCUT2D eigenvalue weighted by atomic mass is 9.95. The van der Waals surface area contributed by atoms with Crippen molar-refractivity contribution in [3.63, 3.8) is 0 Å². The highest BCUT2D eigenvalue weighted by atomic mass is 15.1. The van der Waals surface area contributed by atoms with Crippen LogP contribution in [0.15, 0.2) is 0 Å². The van der Waals surface area contributed by atoms with Crippen molar-refractivity contribution in [1.29, 1.82) is 5.26 Å².